The molecule has 2 aromatic carbocycles. The van der Waals surface area contributed by atoms with Crippen molar-refractivity contribution in [3.8, 4) is 5.75 Å². The molecule has 37 heavy (non-hydrogen) atoms. The van der Waals surface area contributed by atoms with Crippen LogP contribution in [0, 0.1) is 6.92 Å². The Bertz CT molecular complexity index is 1400. The minimum atomic E-state index is -1.00. The maximum atomic E-state index is 14.2. The fourth-order valence-electron chi connectivity index (χ4n) is 4.09. The zero-order chi connectivity index (χ0) is 26.6. The van der Waals surface area contributed by atoms with E-state index < -0.39 is 11.6 Å². The minimum absolute atomic E-state index is 0.126. The first-order chi connectivity index (χ1) is 17.7. The van der Waals surface area contributed by atoms with Crippen molar-refractivity contribution >= 4 is 28.5 Å². The third kappa shape index (κ3) is 5.61. The van der Waals surface area contributed by atoms with Crippen molar-refractivity contribution in [1.29, 1.82) is 0 Å². The number of rotatable bonds is 9. The van der Waals surface area contributed by atoms with E-state index in [4.69, 9.17) is 4.74 Å². The number of para-hydroxylation sites is 1. The number of pyridine rings is 1. The third-order valence-corrected chi connectivity index (χ3v) is 6.42. The lowest BCUT2D eigenvalue weighted by Crippen LogP contribution is -2.51. The van der Waals surface area contributed by atoms with Crippen LogP contribution >= 0.6 is 0 Å². The molecule has 4 rings (SSSR count). The molecule has 0 aliphatic heterocycles. The van der Waals surface area contributed by atoms with Gasteiger partial charge in [-0.15, -0.1) is 5.10 Å². The molecule has 1 atom stereocenters. The maximum Gasteiger partial charge on any atom is 0.249 e. The van der Waals surface area contributed by atoms with E-state index in [0.29, 0.717) is 28.9 Å². The minimum Gasteiger partial charge on any atom is -0.495 e. The number of benzene rings is 2. The molecular weight excluding hydrogens is 468 g/mol. The number of aromatic nitrogens is 4. The predicted octanol–water partition coefficient (Wildman–Crippen LogP) is 4.22. The number of nitrogens with zero attached hydrogens (tertiary/aromatic N) is 5. The van der Waals surface area contributed by atoms with Crippen molar-refractivity contribution in [2.24, 2.45) is 0 Å². The average Bonchev–Trinajstić information content (AvgIpc) is 3.30. The number of ether oxygens (including phenoxy) is 1. The molecule has 0 spiro atoms. The summed E-state index contributed by atoms with van der Waals surface area (Å²) in [5.41, 5.74) is 2.90. The van der Waals surface area contributed by atoms with Crippen molar-refractivity contribution in [2.75, 3.05) is 12.0 Å². The molecule has 0 aliphatic rings. The van der Waals surface area contributed by atoms with Gasteiger partial charge < -0.3 is 10.1 Å². The van der Waals surface area contributed by atoms with E-state index in [1.807, 2.05) is 64.1 Å². The number of anilines is 1. The smallest absolute Gasteiger partial charge is 0.249 e. The normalized spacial score (nSPS) is 12.2. The molecule has 0 aliphatic carbocycles. The molecular formula is C28H32N6O3. The van der Waals surface area contributed by atoms with Gasteiger partial charge in [-0.05, 0) is 63.1 Å². The number of carbonyl (C=O) groups is 2. The highest BCUT2D eigenvalue weighted by atomic mass is 16.5. The third-order valence-electron chi connectivity index (χ3n) is 6.42. The van der Waals surface area contributed by atoms with Crippen LogP contribution in [0.5, 0.6) is 5.75 Å². The molecule has 9 nitrogen and oxygen atoms in total. The van der Waals surface area contributed by atoms with Crippen LogP contribution in [0.15, 0.2) is 67.0 Å². The number of hydrogen-bond donors (Lipinski definition) is 1. The lowest BCUT2D eigenvalue weighted by atomic mass is 9.98. The lowest BCUT2D eigenvalue weighted by Gasteiger charge is -2.35. The van der Waals surface area contributed by atoms with Gasteiger partial charge in [0.15, 0.2) is 0 Å². The van der Waals surface area contributed by atoms with Gasteiger partial charge in [-0.2, -0.15) is 0 Å². The lowest BCUT2D eigenvalue weighted by molar-refractivity contribution is -0.128. The Morgan fingerprint density at radius 3 is 2.62 bits per heavy atom. The second kappa shape index (κ2) is 10.8. The molecule has 0 saturated heterocycles. The Kier molecular flexibility index (Phi) is 7.52. The van der Waals surface area contributed by atoms with E-state index in [0.717, 1.165) is 11.1 Å². The van der Waals surface area contributed by atoms with Crippen LogP contribution in [-0.4, -0.2) is 44.4 Å². The van der Waals surface area contributed by atoms with E-state index >= 15 is 0 Å². The predicted molar refractivity (Wildman–Crippen MR) is 142 cm³/mol. The summed E-state index contributed by atoms with van der Waals surface area (Å²) in [6, 6.07) is 15.5. The van der Waals surface area contributed by atoms with Gasteiger partial charge in [0, 0.05) is 23.5 Å². The van der Waals surface area contributed by atoms with Crippen LogP contribution in [0.1, 0.15) is 44.4 Å². The van der Waals surface area contributed by atoms with Gasteiger partial charge in [-0.25, -0.2) is 4.68 Å². The van der Waals surface area contributed by atoms with Crippen LogP contribution < -0.4 is 15.0 Å². The Morgan fingerprint density at radius 2 is 1.92 bits per heavy atom. The van der Waals surface area contributed by atoms with Crippen molar-refractivity contribution < 1.29 is 14.3 Å². The number of aryl methyl sites for hydroxylation is 1. The number of methoxy groups -OCH3 is 1. The van der Waals surface area contributed by atoms with E-state index in [1.54, 1.807) is 42.4 Å². The topological polar surface area (TPSA) is 102 Å². The zero-order valence-corrected chi connectivity index (χ0v) is 21.8. The number of hydrogen-bond acceptors (Lipinski definition) is 6. The van der Waals surface area contributed by atoms with Crippen LogP contribution in [0.25, 0.3) is 11.0 Å². The highest BCUT2D eigenvalue weighted by molar-refractivity contribution is 6.02. The molecule has 0 fully saturated rings. The molecule has 1 N–H and O–H groups in total. The highest BCUT2D eigenvalue weighted by Gasteiger charge is 2.36. The molecule has 9 heteroatoms. The molecule has 2 heterocycles. The summed E-state index contributed by atoms with van der Waals surface area (Å²) in [6.07, 6.45) is 3.96. The summed E-state index contributed by atoms with van der Waals surface area (Å²) in [5.74, 6) is -0.197. The van der Waals surface area contributed by atoms with Crippen molar-refractivity contribution in [2.45, 2.75) is 52.2 Å². The molecule has 4 aromatic rings. The molecule has 2 amide bonds. The van der Waals surface area contributed by atoms with Gasteiger partial charge >= 0.3 is 0 Å². The van der Waals surface area contributed by atoms with E-state index in [9.17, 15) is 9.59 Å². The van der Waals surface area contributed by atoms with E-state index in [2.05, 4.69) is 20.6 Å². The van der Waals surface area contributed by atoms with Crippen LogP contribution in [0.3, 0.4) is 0 Å². The summed E-state index contributed by atoms with van der Waals surface area (Å²) < 4.78 is 7.19. The van der Waals surface area contributed by atoms with Gasteiger partial charge in [-0.1, -0.05) is 36.4 Å². The number of carbonyl (C=O) groups excluding carboxylic acids is 2. The van der Waals surface area contributed by atoms with Gasteiger partial charge in [0.25, 0.3) is 0 Å². The maximum absolute atomic E-state index is 14.2. The number of nitrogens with one attached hydrogen (secondary N) is 1. The fraction of sp³-hybridized carbons (Fsp3) is 0.321. The first-order valence-electron chi connectivity index (χ1n) is 12.2. The van der Waals surface area contributed by atoms with Crippen LogP contribution in [-0.2, 0) is 16.1 Å². The second-order valence-electron chi connectivity index (χ2n) is 9.59. The van der Waals surface area contributed by atoms with Crippen molar-refractivity contribution in [3.05, 3.63) is 78.1 Å². The Labute approximate surface area is 216 Å². The Morgan fingerprint density at radius 1 is 1.14 bits per heavy atom. The quantitative estimate of drug-likeness (QED) is 0.369. The summed E-state index contributed by atoms with van der Waals surface area (Å²) in [5, 5.41) is 11.5. The molecule has 192 valence electrons. The molecule has 0 saturated carbocycles. The molecule has 0 bridgehead atoms. The SMILES string of the molecule is CCC(C)(C)NC(=O)[C@@H](c1cccnc1)N(C(=O)Cn1nnc2ccccc21)c1cc(C)ccc1OC. The molecule has 2 aromatic heterocycles. The van der Waals surface area contributed by atoms with Gasteiger partial charge in [0.2, 0.25) is 11.8 Å². The summed E-state index contributed by atoms with van der Waals surface area (Å²) in [7, 11) is 1.54. The zero-order valence-electron chi connectivity index (χ0n) is 21.8. The first kappa shape index (κ1) is 25.8. The highest BCUT2D eigenvalue weighted by Crippen LogP contribution is 2.36. The summed E-state index contributed by atoms with van der Waals surface area (Å²) in [6.45, 7) is 7.70. The van der Waals surface area contributed by atoms with E-state index in [1.165, 1.54) is 4.90 Å². The summed E-state index contributed by atoms with van der Waals surface area (Å²) >= 11 is 0. The van der Waals surface area contributed by atoms with Crippen molar-refractivity contribution in [1.82, 2.24) is 25.3 Å². The fourth-order valence-corrected chi connectivity index (χ4v) is 4.09. The average molecular weight is 501 g/mol. The monoisotopic (exact) mass is 500 g/mol. The molecule has 0 unspecified atom stereocenters. The largest absolute Gasteiger partial charge is 0.495 e. The van der Waals surface area contributed by atoms with Gasteiger partial charge in [0.05, 0.1) is 18.3 Å². The van der Waals surface area contributed by atoms with Crippen LogP contribution in [0.4, 0.5) is 5.69 Å². The summed E-state index contributed by atoms with van der Waals surface area (Å²) in [4.78, 5) is 33.8. The first-order valence-corrected chi connectivity index (χ1v) is 12.2. The van der Waals surface area contributed by atoms with E-state index in [-0.39, 0.29) is 18.4 Å². The van der Waals surface area contributed by atoms with Gasteiger partial charge in [-0.3, -0.25) is 19.5 Å². The molecule has 0 radical (unpaired) electrons. The Hall–Kier alpha value is -4.27. The van der Waals surface area contributed by atoms with Crippen molar-refractivity contribution in [3.63, 3.8) is 0 Å². The van der Waals surface area contributed by atoms with Crippen LogP contribution in [0.2, 0.25) is 0 Å². The number of fused-ring (bicyclic) bond motifs is 1. The second-order valence-corrected chi connectivity index (χ2v) is 9.59. The Balaban J connectivity index is 1.87. The standard InChI is InChI=1S/C28H32N6O3/c1-6-28(3,4)30-27(36)26(20-10-9-15-29-17-20)34(23-16-19(2)13-14-24(23)37-5)25(35)18-33-22-12-8-7-11-21(22)31-32-33/h7-17,26H,6,18H2,1-5H3,(H,30,36)/t26-/m1/s1. The van der Waals surface area contributed by atoms with Gasteiger partial charge in [0.1, 0.15) is 23.9 Å². The number of amides is 2.